The molecule has 0 fully saturated rings. The van der Waals surface area contributed by atoms with Crippen LogP contribution in [0.4, 0.5) is 0 Å². The van der Waals surface area contributed by atoms with Crippen molar-refractivity contribution in [2.24, 2.45) is 0 Å². The van der Waals surface area contributed by atoms with Crippen molar-refractivity contribution in [1.29, 1.82) is 0 Å². The normalized spacial score (nSPS) is 11.1. The van der Waals surface area contributed by atoms with E-state index >= 15 is 0 Å². The number of aryl methyl sites for hydroxylation is 1. The van der Waals surface area contributed by atoms with Gasteiger partial charge in [0.1, 0.15) is 0 Å². The number of carbonyl (C=O) groups is 4. The molecule has 13 nitrogen and oxygen atoms in total. The van der Waals surface area contributed by atoms with Gasteiger partial charge in [-0.1, -0.05) is 12.1 Å². The van der Waals surface area contributed by atoms with E-state index in [1.807, 2.05) is 6.92 Å². The van der Waals surface area contributed by atoms with Crippen LogP contribution in [0.2, 0.25) is 0 Å². The summed E-state index contributed by atoms with van der Waals surface area (Å²) in [5.74, 6) is -5.74. The van der Waals surface area contributed by atoms with Crippen LogP contribution in [0.25, 0.3) is 22.8 Å². The largest absolute Gasteiger partial charge is 0.549 e. The second-order valence-corrected chi connectivity index (χ2v) is 8.72. The molecule has 0 unspecified atom stereocenters. The number of carboxylic acid groups (broad SMARTS) is 4. The van der Waals surface area contributed by atoms with E-state index in [1.54, 1.807) is 48.5 Å². The van der Waals surface area contributed by atoms with Gasteiger partial charge >= 0.3 is 0 Å². The van der Waals surface area contributed by atoms with Gasteiger partial charge in [-0.3, -0.25) is 9.80 Å². The highest BCUT2D eigenvalue weighted by Gasteiger charge is 2.13. The van der Waals surface area contributed by atoms with Crippen LogP contribution in [0, 0.1) is 6.92 Å². The maximum Gasteiger partial charge on any atom is 0.0897 e. The number of nitrogens with zero attached hydrogens (tertiary/aromatic N) is 5. The number of rotatable bonds is 14. The van der Waals surface area contributed by atoms with Crippen LogP contribution in [0.15, 0.2) is 48.5 Å². The highest BCUT2D eigenvalue weighted by molar-refractivity contribution is 5.71. The maximum absolute atomic E-state index is 11.0. The molecule has 0 spiro atoms. The van der Waals surface area contributed by atoms with Crippen molar-refractivity contribution >= 4 is 23.9 Å². The van der Waals surface area contributed by atoms with Gasteiger partial charge in [0.05, 0.1) is 58.0 Å². The van der Waals surface area contributed by atoms with Crippen molar-refractivity contribution in [2.45, 2.75) is 20.0 Å². The first-order valence-corrected chi connectivity index (χ1v) is 11.6. The van der Waals surface area contributed by atoms with E-state index in [1.165, 1.54) is 0 Å². The van der Waals surface area contributed by atoms with Crippen LogP contribution in [0.1, 0.15) is 17.0 Å². The summed E-state index contributed by atoms with van der Waals surface area (Å²) in [5, 5.41) is 44.0. The molecule has 0 aliphatic carbocycles. The molecule has 0 bridgehead atoms. The van der Waals surface area contributed by atoms with Gasteiger partial charge in [-0.15, -0.1) is 0 Å². The minimum Gasteiger partial charge on any atom is -0.549 e. The van der Waals surface area contributed by atoms with E-state index in [0.29, 0.717) is 34.2 Å². The Bertz CT molecular complexity index is 1250. The van der Waals surface area contributed by atoms with Gasteiger partial charge in [0, 0.05) is 39.3 Å². The Morgan fingerprint density at radius 2 is 0.949 bits per heavy atom. The summed E-state index contributed by atoms with van der Waals surface area (Å²) in [5.41, 5.74) is 3.47. The van der Waals surface area contributed by atoms with Crippen LogP contribution < -0.4 is 20.4 Å². The van der Waals surface area contributed by atoms with Crippen LogP contribution in [0.3, 0.4) is 0 Å². The number of hydrogen-bond donors (Lipinski definition) is 0. The number of pyridine rings is 3. The summed E-state index contributed by atoms with van der Waals surface area (Å²) in [6, 6.07) is 13.5. The molecule has 0 saturated heterocycles. The van der Waals surface area contributed by atoms with Gasteiger partial charge in [0.2, 0.25) is 0 Å². The van der Waals surface area contributed by atoms with E-state index in [0.717, 1.165) is 15.4 Å². The van der Waals surface area contributed by atoms with Crippen molar-refractivity contribution in [1.82, 2.24) is 24.8 Å². The van der Waals surface area contributed by atoms with Crippen LogP contribution >= 0.6 is 0 Å². The molecule has 3 rings (SSSR count). The molecule has 0 aliphatic heterocycles. The zero-order valence-corrected chi connectivity index (χ0v) is 20.9. The Labute approximate surface area is 223 Å². The SMILES string of the molecule is Cc1cc(-c2cccc(CN(CC(=O)[O-])CC(=O)[O-])n2)nc(-c2cccc(CN(CC(=O)[O-])CC(=O)[O-])n2)c1. The van der Waals surface area contributed by atoms with Crippen molar-refractivity contribution in [3.8, 4) is 22.8 Å². The van der Waals surface area contributed by atoms with Crippen LogP contribution in [-0.2, 0) is 32.3 Å². The molecular formula is C26H23N5O8-4. The molecule has 0 N–H and O–H groups in total. The second-order valence-electron chi connectivity index (χ2n) is 8.72. The van der Waals surface area contributed by atoms with Crippen LogP contribution in [0.5, 0.6) is 0 Å². The number of hydrogen-bond acceptors (Lipinski definition) is 13. The zero-order valence-electron chi connectivity index (χ0n) is 20.9. The van der Waals surface area contributed by atoms with Crippen LogP contribution in [-0.4, -0.2) is 74.8 Å². The number of aliphatic carboxylic acids is 4. The van der Waals surface area contributed by atoms with Crippen molar-refractivity contribution < 1.29 is 39.6 Å². The lowest BCUT2D eigenvalue weighted by Crippen LogP contribution is -2.43. The van der Waals surface area contributed by atoms with E-state index in [2.05, 4.69) is 15.0 Å². The van der Waals surface area contributed by atoms with Crippen molar-refractivity contribution in [3.05, 3.63) is 65.5 Å². The fourth-order valence-corrected chi connectivity index (χ4v) is 3.87. The highest BCUT2D eigenvalue weighted by atomic mass is 16.4. The van der Waals surface area contributed by atoms with E-state index in [9.17, 15) is 39.6 Å². The molecule has 0 atom stereocenters. The van der Waals surface area contributed by atoms with Gasteiger partial charge < -0.3 is 39.6 Å². The zero-order chi connectivity index (χ0) is 28.5. The van der Waals surface area contributed by atoms with E-state index in [-0.39, 0.29) is 13.1 Å². The molecular weight excluding hydrogens is 510 g/mol. The molecule has 13 heteroatoms. The Hall–Kier alpha value is -4.75. The molecule has 204 valence electrons. The number of carboxylic acids is 4. The third-order valence-corrected chi connectivity index (χ3v) is 5.29. The van der Waals surface area contributed by atoms with Crippen molar-refractivity contribution in [3.63, 3.8) is 0 Å². The highest BCUT2D eigenvalue weighted by Crippen LogP contribution is 2.23. The summed E-state index contributed by atoms with van der Waals surface area (Å²) < 4.78 is 0. The average Bonchev–Trinajstić information content (AvgIpc) is 2.82. The van der Waals surface area contributed by atoms with E-state index in [4.69, 9.17) is 0 Å². The minimum atomic E-state index is -1.44. The maximum atomic E-state index is 11.0. The molecule has 3 aromatic rings. The molecule has 0 amide bonds. The first-order chi connectivity index (χ1) is 18.5. The number of carbonyl (C=O) groups excluding carboxylic acids is 4. The monoisotopic (exact) mass is 533 g/mol. The predicted molar refractivity (Wildman–Crippen MR) is 126 cm³/mol. The lowest BCUT2D eigenvalue weighted by atomic mass is 10.1. The topological polar surface area (TPSA) is 206 Å². The molecule has 3 aromatic heterocycles. The summed E-state index contributed by atoms with van der Waals surface area (Å²) >= 11 is 0. The van der Waals surface area contributed by atoms with Crippen molar-refractivity contribution in [2.75, 3.05) is 26.2 Å². The molecule has 39 heavy (non-hydrogen) atoms. The van der Waals surface area contributed by atoms with Gasteiger partial charge in [-0.05, 0) is 48.9 Å². The molecule has 3 heterocycles. The molecule has 0 aromatic carbocycles. The fourth-order valence-electron chi connectivity index (χ4n) is 3.87. The van der Waals surface area contributed by atoms with Gasteiger partial charge in [0.25, 0.3) is 0 Å². The Morgan fingerprint density at radius 1 is 0.590 bits per heavy atom. The second kappa shape index (κ2) is 13.2. The standard InChI is InChI=1S/C26H27N5O8/c1-16-8-21(19-6-2-4-17(27-19)10-30(12-23(32)33)13-24(34)35)29-22(9-16)20-7-3-5-18(28-20)11-31(14-25(36)37)15-26(38)39/h2-9H,10-15H2,1H3,(H,32,33)(H,34,35)(H,36,37)(H,38,39)/p-4. The smallest absolute Gasteiger partial charge is 0.0897 e. The lowest BCUT2D eigenvalue weighted by molar-refractivity contribution is -0.313. The Morgan fingerprint density at radius 3 is 1.28 bits per heavy atom. The molecule has 0 radical (unpaired) electrons. The van der Waals surface area contributed by atoms with Gasteiger partial charge in [-0.25, -0.2) is 15.0 Å². The molecule has 0 saturated carbocycles. The Kier molecular flexibility index (Phi) is 9.73. The summed E-state index contributed by atoms with van der Waals surface area (Å²) in [6.45, 7) is -0.767. The summed E-state index contributed by atoms with van der Waals surface area (Å²) in [4.78, 5) is 59.9. The Balaban J connectivity index is 1.88. The summed E-state index contributed by atoms with van der Waals surface area (Å²) in [6.07, 6.45) is 0. The first kappa shape index (κ1) is 28.8. The third kappa shape index (κ3) is 9.25. The predicted octanol–water partition coefficient (Wildman–Crippen LogP) is -3.88. The quantitative estimate of drug-likeness (QED) is 0.195. The number of aromatic nitrogens is 3. The third-order valence-electron chi connectivity index (χ3n) is 5.29. The lowest BCUT2D eigenvalue weighted by Gasteiger charge is -2.23. The van der Waals surface area contributed by atoms with E-state index < -0.39 is 50.1 Å². The van der Waals surface area contributed by atoms with Gasteiger partial charge in [0.15, 0.2) is 0 Å². The van der Waals surface area contributed by atoms with Gasteiger partial charge in [-0.2, -0.15) is 0 Å². The average molecular weight is 533 g/mol. The fraction of sp³-hybridized carbons (Fsp3) is 0.269. The molecule has 0 aliphatic rings. The summed E-state index contributed by atoms with van der Waals surface area (Å²) in [7, 11) is 0. The first-order valence-electron chi connectivity index (χ1n) is 11.6. The minimum absolute atomic E-state index is 0.0771.